The molecule has 1 saturated carbocycles. The smallest absolute Gasteiger partial charge is 0.243 e. The van der Waals surface area contributed by atoms with Crippen molar-refractivity contribution in [2.45, 2.75) is 62.4 Å². The Labute approximate surface area is 177 Å². The molecule has 0 aromatic heterocycles. The number of para-hydroxylation sites is 1. The molecule has 1 amide bonds. The van der Waals surface area contributed by atoms with Gasteiger partial charge in [-0.2, -0.15) is 4.31 Å². The molecular weight excluding hydrogens is 403 g/mol. The highest BCUT2D eigenvalue weighted by Gasteiger charge is 2.38. The molecule has 1 heterocycles. The normalized spacial score (nSPS) is 19.8. The van der Waals surface area contributed by atoms with Gasteiger partial charge in [0, 0.05) is 17.8 Å². The van der Waals surface area contributed by atoms with Crippen LogP contribution in [-0.4, -0.2) is 37.3 Å². The maximum Gasteiger partial charge on any atom is 0.243 e. The molecule has 0 unspecified atom stereocenters. The van der Waals surface area contributed by atoms with Crippen LogP contribution in [-0.2, 0) is 21.2 Å². The lowest BCUT2D eigenvalue weighted by Gasteiger charge is -2.34. The maximum absolute atomic E-state index is 13.5. The first-order chi connectivity index (χ1) is 14.4. The highest BCUT2D eigenvalue weighted by molar-refractivity contribution is 7.89. The predicted molar refractivity (Wildman–Crippen MR) is 114 cm³/mol. The molecule has 1 aliphatic carbocycles. The van der Waals surface area contributed by atoms with E-state index in [0.717, 1.165) is 61.9 Å². The van der Waals surface area contributed by atoms with Gasteiger partial charge in [0.25, 0.3) is 0 Å². The molecule has 0 saturated heterocycles. The van der Waals surface area contributed by atoms with Gasteiger partial charge in [-0.25, -0.2) is 12.8 Å². The third-order valence-corrected chi connectivity index (χ3v) is 8.08. The molecule has 0 radical (unpaired) electrons. The number of hydrogen-bond donors (Lipinski definition) is 0. The zero-order chi connectivity index (χ0) is 21.3. The zero-order valence-corrected chi connectivity index (χ0v) is 17.9. The molecule has 5 nitrogen and oxygen atoms in total. The van der Waals surface area contributed by atoms with E-state index in [9.17, 15) is 17.6 Å². The van der Waals surface area contributed by atoms with Crippen LogP contribution in [0.4, 0.5) is 10.1 Å². The fraction of sp³-hybridized carbons (Fsp3) is 0.435. The number of hydrogen-bond acceptors (Lipinski definition) is 3. The van der Waals surface area contributed by atoms with Crippen LogP contribution in [0.3, 0.4) is 0 Å². The number of sulfonamides is 1. The van der Waals surface area contributed by atoms with Crippen molar-refractivity contribution in [2.24, 2.45) is 0 Å². The lowest BCUT2D eigenvalue weighted by atomic mass is 9.95. The lowest BCUT2D eigenvalue weighted by Crippen LogP contribution is -2.49. The first-order valence-corrected chi connectivity index (χ1v) is 12.0. The summed E-state index contributed by atoms with van der Waals surface area (Å²) in [5.74, 6) is -0.708. The van der Waals surface area contributed by atoms with Gasteiger partial charge in [-0.3, -0.25) is 4.79 Å². The lowest BCUT2D eigenvalue weighted by molar-refractivity contribution is -0.119. The van der Waals surface area contributed by atoms with E-state index in [1.807, 2.05) is 31.2 Å². The third-order valence-electron chi connectivity index (χ3n) is 6.17. The van der Waals surface area contributed by atoms with Crippen molar-refractivity contribution in [1.29, 1.82) is 0 Å². The quantitative estimate of drug-likeness (QED) is 0.717. The standard InChI is InChI=1S/C23H27FN2O3S/c1-17-15-18-7-5-6-10-22(18)26(17)23(27)16-25(20-8-3-2-4-9-20)30(28,29)21-13-11-19(24)12-14-21/h5-7,10-14,17,20H,2-4,8-9,15-16H2,1H3/t17-/m1/s1. The molecule has 2 aromatic rings. The van der Waals surface area contributed by atoms with Crippen LogP contribution in [0.2, 0.25) is 0 Å². The van der Waals surface area contributed by atoms with Gasteiger partial charge < -0.3 is 4.90 Å². The third kappa shape index (κ3) is 4.01. The molecule has 0 spiro atoms. The monoisotopic (exact) mass is 430 g/mol. The number of fused-ring (bicyclic) bond motifs is 1. The molecule has 4 rings (SSSR count). The number of rotatable bonds is 5. The van der Waals surface area contributed by atoms with Gasteiger partial charge in [-0.05, 0) is 62.1 Å². The average molecular weight is 431 g/mol. The number of halogens is 1. The molecule has 0 bridgehead atoms. The van der Waals surface area contributed by atoms with E-state index in [4.69, 9.17) is 0 Å². The number of anilines is 1. The first kappa shape index (κ1) is 21.0. The van der Waals surface area contributed by atoms with Crippen LogP contribution in [0.5, 0.6) is 0 Å². The molecule has 2 aromatic carbocycles. The second kappa shape index (κ2) is 8.47. The minimum absolute atomic E-state index is 0.0170. The Bertz CT molecular complexity index is 1020. The van der Waals surface area contributed by atoms with Crippen molar-refractivity contribution in [2.75, 3.05) is 11.4 Å². The van der Waals surface area contributed by atoms with Gasteiger partial charge in [0.2, 0.25) is 15.9 Å². The molecule has 1 aliphatic heterocycles. The second-order valence-corrected chi connectivity index (χ2v) is 10.1. The molecule has 0 N–H and O–H groups in total. The summed E-state index contributed by atoms with van der Waals surface area (Å²) in [5, 5.41) is 0. The molecule has 1 fully saturated rings. The van der Waals surface area contributed by atoms with Gasteiger partial charge in [0.05, 0.1) is 11.4 Å². The van der Waals surface area contributed by atoms with E-state index in [2.05, 4.69) is 0 Å². The van der Waals surface area contributed by atoms with E-state index in [-0.39, 0.29) is 29.4 Å². The maximum atomic E-state index is 13.5. The zero-order valence-electron chi connectivity index (χ0n) is 17.1. The van der Waals surface area contributed by atoms with Crippen molar-refractivity contribution < 1.29 is 17.6 Å². The van der Waals surface area contributed by atoms with Gasteiger partial charge in [-0.1, -0.05) is 37.5 Å². The Morgan fingerprint density at radius 1 is 1.07 bits per heavy atom. The summed E-state index contributed by atoms with van der Waals surface area (Å²) in [6.07, 6.45) is 5.19. The fourth-order valence-electron chi connectivity index (χ4n) is 4.68. The van der Waals surface area contributed by atoms with E-state index in [0.29, 0.717) is 0 Å². The van der Waals surface area contributed by atoms with Crippen molar-refractivity contribution in [3.8, 4) is 0 Å². The molecule has 160 valence electrons. The first-order valence-electron chi connectivity index (χ1n) is 10.6. The summed E-state index contributed by atoms with van der Waals surface area (Å²) in [5.41, 5.74) is 1.96. The van der Waals surface area contributed by atoms with Gasteiger partial charge >= 0.3 is 0 Å². The van der Waals surface area contributed by atoms with Gasteiger partial charge in [0.15, 0.2) is 0 Å². The minimum Gasteiger partial charge on any atom is -0.308 e. The molecule has 2 aliphatic rings. The highest BCUT2D eigenvalue weighted by Crippen LogP contribution is 2.33. The molecule has 1 atom stereocenters. The fourth-order valence-corrected chi connectivity index (χ4v) is 6.31. The van der Waals surface area contributed by atoms with Crippen LogP contribution < -0.4 is 4.90 Å². The van der Waals surface area contributed by atoms with E-state index in [1.54, 1.807) is 4.90 Å². The second-order valence-electron chi connectivity index (χ2n) is 8.24. The summed E-state index contributed by atoms with van der Waals surface area (Å²) >= 11 is 0. The van der Waals surface area contributed by atoms with Crippen molar-refractivity contribution in [1.82, 2.24) is 4.31 Å². The van der Waals surface area contributed by atoms with E-state index in [1.165, 1.54) is 16.4 Å². The van der Waals surface area contributed by atoms with Gasteiger partial charge in [-0.15, -0.1) is 0 Å². The largest absolute Gasteiger partial charge is 0.308 e. The van der Waals surface area contributed by atoms with Crippen molar-refractivity contribution >= 4 is 21.6 Å². The van der Waals surface area contributed by atoms with Crippen LogP contribution in [0.25, 0.3) is 0 Å². The van der Waals surface area contributed by atoms with E-state index < -0.39 is 15.8 Å². The number of nitrogens with zero attached hydrogens (tertiary/aromatic N) is 2. The van der Waals surface area contributed by atoms with Crippen LogP contribution >= 0.6 is 0 Å². The number of carbonyl (C=O) groups is 1. The molecule has 30 heavy (non-hydrogen) atoms. The topological polar surface area (TPSA) is 57.7 Å². The Morgan fingerprint density at radius 2 is 1.73 bits per heavy atom. The number of benzene rings is 2. The minimum atomic E-state index is -3.92. The van der Waals surface area contributed by atoms with Crippen LogP contribution in [0.1, 0.15) is 44.6 Å². The molecule has 7 heteroatoms. The molecular formula is C23H27FN2O3S. The predicted octanol–water partition coefficient (Wildman–Crippen LogP) is 4.13. The summed E-state index contributed by atoms with van der Waals surface area (Å²) in [6, 6.07) is 12.4. The Hall–Kier alpha value is -2.25. The van der Waals surface area contributed by atoms with Crippen molar-refractivity contribution in [3.63, 3.8) is 0 Å². The van der Waals surface area contributed by atoms with Gasteiger partial charge in [0.1, 0.15) is 5.82 Å². The Kier molecular flexibility index (Phi) is 5.93. The van der Waals surface area contributed by atoms with Crippen LogP contribution in [0, 0.1) is 5.82 Å². The number of carbonyl (C=O) groups excluding carboxylic acids is 1. The van der Waals surface area contributed by atoms with Crippen molar-refractivity contribution in [3.05, 3.63) is 59.9 Å². The summed E-state index contributed by atoms with van der Waals surface area (Å²) in [7, 11) is -3.92. The average Bonchev–Trinajstić information content (AvgIpc) is 3.08. The summed E-state index contributed by atoms with van der Waals surface area (Å²) < 4.78 is 41.6. The Morgan fingerprint density at radius 3 is 2.43 bits per heavy atom. The number of amides is 1. The SMILES string of the molecule is C[C@@H]1Cc2ccccc2N1C(=O)CN(C1CCCCC1)S(=O)(=O)c1ccc(F)cc1. The Balaban J connectivity index is 1.65. The summed E-state index contributed by atoms with van der Waals surface area (Å²) in [6.45, 7) is 1.78. The van der Waals surface area contributed by atoms with E-state index >= 15 is 0 Å². The van der Waals surface area contributed by atoms with Crippen LogP contribution in [0.15, 0.2) is 53.4 Å². The summed E-state index contributed by atoms with van der Waals surface area (Å²) in [4.78, 5) is 15.1. The highest BCUT2D eigenvalue weighted by atomic mass is 32.2.